The number of urea groups is 1. The average Bonchev–Trinajstić information content (AvgIpc) is 2.90. The molecule has 0 bridgehead atoms. The summed E-state index contributed by atoms with van der Waals surface area (Å²) in [6.45, 7) is 1.85. The van der Waals surface area contributed by atoms with Crippen LogP contribution in [0.2, 0.25) is 0 Å². The van der Waals surface area contributed by atoms with Gasteiger partial charge in [-0.05, 0) is 56.4 Å². The number of nitrogens with zero attached hydrogens (tertiary/aromatic N) is 1. The fourth-order valence-corrected chi connectivity index (χ4v) is 4.28. The number of aryl methyl sites for hydroxylation is 1. The molecule has 1 saturated carbocycles. The van der Waals surface area contributed by atoms with Gasteiger partial charge in [0.1, 0.15) is 5.54 Å². The lowest BCUT2D eigenvalue weighted by atomic mass is 9.76. The molecule has 9 heteroatoms. The van der Waals surface area contributed by atoms with Gasteiger partial charge < -0.3 is 15.5 Å². The topological polar surface area (TPSA) is 108 Å². The molecule has 1 saturated heterocycles. The highest BCUT2D eigenvalue weighted by Crippen LogP contribution is 2.35. The third-order valence-electron chi connectivity index (χ3n) is 5.42. The molecule has 3 rings (SSSR count). The Balaban J connectivity index is 1.53. The van der Waals surface area contributed by atoms with E-state index in [1.54, 1.807) is 13.1 Å². The highest BCUT2D eigenvalue weighted by atomic mass is 79.9. The zero-order chi connectivity index (χ0) is 20.5. The summed E-state index contributed by atoms with van der Waals surface area (Å²) in [5.74, 6) is -0.970. The Hall–Kier alpha value is -2.42. The Morgan fingerprint density at radius 1 is 1.29 bits per heavy atom. The van der Waals surface area contributed by atoms with Gasteiger partial charge in [-0.1, -0.05) is 15.9 Å². The molecule has 1 aliphatic carbocycles. The van der Waals surface area contributed by atoms with Gasteiger partial charge in [0.25, 0.3) is 5.91 Å². The van der Waals surface area contributed by atoms with Crippen LogP contribution in [0.25, 0.3) is 0 Å². The number of rotatable bonds is 4. The molecule has 150 valence electrons. The summed E-state index contributed by atoms with van der Waals surface area (Å²) < 4.78 is 0.928. The van der Waals surface area contributed by atoms with Crippen molar-refractivity contribution >= 4 is 45.4 Å². The Bertz CT molecular complexity index is 833. The van der Waals surface area contributed by atoms with Crippen LogP contribution in [-0.2, 0) is 14.4 Å². The number of carbonyl (C=O) groups excluding carboxylic acids is 4. The molecule has 28 heavy (non-hydrogen) atoms. The number of hydrogen-bond donors (Lipinski definition) is 3. The highest BCUT2D eigenvalue weighted by Gasteiger charge is 2.49. The van der Waals surface area contributed by atoms with Gasteiger partial charge in [-0.3, -0.25) is 19.7 Å². The van der Waals surface area contributed by atoms with Crippen LogP contribution < -0.4 is 16.0 Å². The standard InChI is InChI=1S/C19H23BrN4O4/c1-11-9-13(20)3-4-14(11)21-15(25)10-24(2)16(26)12-5-7-19(8-6-12)17(27)22-18(28)23-19/h3-4,9,12H,5-8,10H2,1-2H3,(H,21,25)(H2,22,23,27,28). The minimum absolute atomic E-state index is 0.0484. The quantitative estimate of drug-likeness (QED) is 0.608. The monoisotopic (exact) mass is 450 g/mol. The third-order valence-corrected chi connectivity index (χ3v) is 5.92. The van der Waals surface area contributed by atoms with E-state index in [1.807, 2.05) is 19.1 Å². The summed E-state index contributed by atoms with van der Waals surface area (Å²) in [4.78, 5) is 49.8. The molecule has 1 aromatic carbocycles. The van der Waals surface area contributed by atoms with Crippen LogP contribution >= 0.6 is 15.9 Å². The van der Waals surface area contributed by atoms with E-state index < -0.39 is 11.6 Å². The Labute approximate surface area is 171 Å². The minimum atomic E-state index is -0.886. The Kier molecular flexibility index (Phi) is 5.74. The van der Waals surface area contributed by atoms with Crippen LogP contribution in [0.15, 0.2) is 22.7 Å². The Morgan fingerprint density at radius 2 is 1.96 bits per heavy atom. The predicted molar refractivity (Wildman–Crippen MR) is 107 cm³/mol. The fourth-order valence-electron chi connectivity index (χ4n) is 3.80. The molecule has 1 aliphatic heterocycles. The molecule has 3 N–H and O–H groups in total. The molecule has 0 radical (unpaired) electrons. The average molecular weight is 451 g/mol. The summed E-state index contributed by atoms with van der Waals surface area (Å²) in [7, 11) is 1.60. The number of benzene rings is 1. The first kappa shape index (κ1) is 20.3. The lowest BCUT2D eigenvalue weighted by Crippen LogP contribution is -2.51. The van der Waals surface area contributed by atoms with Gasteiger partial charge in [0.05, 0.1) is 6.54 Å². The SMILES string of the molecule is Cc1cc(Br)ccc1NC(=O)CN(C)C(=O)C1CCC2(CC1)NC(=O)NC2=O. The maximum atomic E-state index is 12.7. The van der Waals surface area contributed by atoms with Crippen LogP contribution in [0.4, 0.5) is 10.5 Å². The van der Waals surface area contributed by atoms with Crippen LogP contribution in [-0.4, -0.2) is 47.8 Å². The molecule has 2 aliphatic rings. The van der Waals surface area contributed by atoms with E-state index in [-0.39, 0.29) is 30.2 Å². The third kappa shape index (κ3) is 4.19. The molecular weight excluding hydrogens is 428 g/mol. The molecule has 1 spiro atoms. The number of anilines is 1. The number of nitrogens with one attached hydrogen (secondary N) is 3. The van der Waals surface area contributed by atoms with E-state index in [9.17, 15) is 19.2 Å². The second-order valence-electron chi connectivity index (χ2n) is 7.47. The van der Waals surface area contributed by atoms with E-state index in [1.165, 1.54) is 4.90 Å². The lowest BCUT2D eigenvalue weighted by molar-refractivity contribution is -0.139. The van der Waals surface area contributed by atoms with Gasteiger partial charge in [0, 0.05) is 23.1 Å². The van der Waals surface area contributed by atoms with Crippen LogP contribution in [0.5, 0.6) is 0 Å². The second-order valence-corrected chi connectivity index (χ2v) is 8.38. The molecule has 5 amide bonds. The van der Waals surface area contributed by atoms with Gasteiger partial charge in [-0.15, -0.1) is 0 Å². The molecule has 1 heterocycles. The molecule has 1 aromatic rings. The number of hydrogen-bond acceptors (Lipinski definition) is 4. The molecule has 8 nitrogen and oxygen atoms in total. The summed E-state index contributed by atoms with van der Waals surface area (Å²) in [6, 6.07) is 5.07. The first-order chi connectivity index (χ1) is 13.2. The van der Waals surface area contributed by atoms with Crippen molar-refractivity contribution in [1.82, 2.24) is 15.5 Å². The molecule has 0 aromatic heterocycles. The predicted octanol–water partition coefficient (Wildman–Crippen LogP) is 1.92. The summed E-state index contributed by atoms with van der Waals surface area (Å²) in [5.41, 5.74) is 0.742. The normalized spacial score (nSPS) is 23.9. The lowest BCUT2D eigenvalue weighted by Gasteiger charge is -2.35. The Morgan fingerprint density at radius 3 is 2.54 bits per heavy atom. The van der Waals surface area contributed by atoms with Crippen LogP contribution in [0.3, 0.4) is 0 Å². The van der Waals surface area contributed by atoms with E-state index in [4.69, 9.17) is 0 Å². The van der Waals surface area contributed by atoms with E-state index >= 15 is 0 Å². The summed E-state index contributed by atoms with van der Waals surface area (Å²) in [6.07, 6.45) is 1.81. The smallest absolute Gasteiger partial charge is 0.322 e. The first-order valence-electron chi connectivity index (χ1n) is 9.15. The van der Waals surface area contributed by atoms with Gasteiger partial charge >= 0.3 is 6.03 Å². The van der Waals surface area contributed by atoms with Crippen molar-refractivity contribution in [2.24, 2.45) is 5.92 Å². The van der Waals surface area contributed by atoms with Crippen LogP contribution in [0.1, 0.15) is 31.2 Å². The van der Waals surface area contributed by atoms with E-state index in [0.29, 0.717) is 31.4 Å². The van der Waals surface area contributed by atoms with Gasteiger partial charge in [0.15, 0.2) is 0 Å². The molecule has 2 fully saturated rings. The highest BCUT2D eigenvalue weighted by molar-refractivity contribution is 9.10. The minimum Gasteiger partial charge on any atom is -0.336 e. The molecule has 0 atom stereocenters. The maximum Gasteiger partial charge on any atom is 0.322 e. The number of halogens is 1. The van der Waals surface area contributed by atoms with Crippen LogP contribution in [0, 0.1) is 12.8 Å². The van der Waals surface area contributed by atoms with Crippen molar-refractivity contribution in [2.75, 3.05) is 18.9 Å². The molecule has 0 unspecified atom stereocenters. The molecular formula is C19H23BrN4O4. The zero-order valence-electron chi connectivity index (χ0n) is 15.8. The van der Waals surface area contributed by atoms with Crippen molar-refractivity contribution in [2.45, 2.75) is 38.1 Å². The van der Waals surface area contributed by atoms with Crippen molar-refractivity contribution in [1.29, 1.82) is 0 Å². The fraction of sp³-hybridized carbons (Fsp3) is 0.474. The number of carbonyl (C=O) groups is 4. The number of amides is 5. The number of likely N-dealkylation sites (N-methyl/N-ethyl adjacent to an activating group) is 1. The van der Waals surface area contributed by atoms with Crippen molar-refractivity contribution < 1.29 is 19.2 Å². The van der Waals surface area contributed by atoms with Gasteiger partial charge in [0.2, 0.25) is 11.8 Å². The van der Waals surface area contributed by atoms with Crippen molar-refractivity contribution in [3.8, 4) is 0 Å². The second kappa shape index (κ2) is 7.90. The number of imide groups is 1. The zero-order valence-corrected chi connectivity index (χ0v) is 17.4. The van der Waals surface area contributed by atoms with E-state index in [2.05, 4.69) is 31.9 Å². The summed E-state index contributed by atoms with van der Waals surface area (Å²) in [5, 5.41) is 7.77. The van der Waals surface area contributed by atoms with E-state index in [0.717, 1.165) is 10.0 Å². The van der Waals surface area contributed by atoms with Crippen molar-refractivity contribution in [3.63, 3.8) is 0 Å². The summed E-state index contributed by atoms with van der Waals surface area (Å²) >= 11 is 3.38. The largest absolute Gasteiger partial charge is 0.336 e. The first-order valence-corrected chi connectivity index (χ1v) is 9.94. The maximum absolute atomic E-state index is 12.7. The van der Waals surface area contributed by atoms with Crippen molar-refractivity contribution in [3.05, 3.63) is 28.2 Å². The van der Waals surface area contributed by atoms with Gasteiger partial charge in [-0.25, -0.2) is 4.79 Å². The van der Waals surface area contributed by atoms with Gasteiger partial charge in [-0.2, -0.15) is 0 Å².